The molecular formula is H4NNaO4. The Morgan fingerprint density at radius 2 is 1.50 bits per heavy atom. The van der Waals surface area contributed by atoms with E-state index in [0.29, 0.717) is 0 Å². The molecule has 0 aliphatic rings. The van der Waals surface area contributed by atoms with Crippen molar-refractivity contribution in [2.24, 2.45) is 5.34 Å². The summed E-state index contributed by atoms with van der Waals surface area (Å²) in [6, 6.07) is 0. The maximum atomic E-state index is 8.11. The Kier molecular flexibility index (Phi) is 154. The molecule has 5 nitrogen and oxygen atoms in total. The zero-order valence-corrected chi connectivity index (χ0v) is 5.20. The minimum Gasteiger partial charge on any atom is -1.00 e. The summed E-state index contributed by atoms with van der Waals surface area (Å²) in [6.45, 7) is 0. The average Bonchev–Trinajstić information content (AvgIpc) is 1.46. The third-order valence-corrected chi connectivity index (χ3v) is 0. The normalized spacial score (nSPS) is 3.00. The molecule has 6 heavy (non-hydrogen) atoms. The quantitative estimate of drug-likeness (QED) is 0.135. The third-order valence-electron chi connectivity index (χ3n) is 0. The summed E-state index contributed by atoms with van der Waals surface area (Å²) in [7, 11) is 0. The molecule has 0 unspecified atom stereocenters. The van der Waals surface area contributed by atoms with Gasteiger partial charge in [-0.2, -0.15) is 0 Å². The fraction of sp³-hybridized carbons (Fsp3) is 0. The van der Waals surface area contributed by atoms with E-state index in [9.17, 15) is 0 Å². The number of rotatable bonds is 0. The van der Waals surface area contributed by atoms with E-state index in [-0.39, 0.29) is 31.0 Å². The Hall–Kier alpha value is 0.320. The first kappa shape index (κ1) is 16.2. The number of hydrogen-bond donors (Lipinski definition) is 3. The van der Waals surface area contributed by atoms with Crippen molar-refractivity contribution in [3.63, 3.8) is 0 Å². The van der Waals surface area contributed by atoms with E-state index in [4.69, 9.17) is 20.6 Å². The summed E-state index contributed by atoms with van der Waals surface area (Å²) < 4.78 is 0. The van der Waals surface area contributed by atoms with Crippen molar-refractivity contribution >= 4 is 0 Å². The minimum absolute atomic E-state index is 0. The van der Waals surface area contributed by atoms with Crippen LogP contribution in [0, 0.1) is 4.91 Å². The minimum atomic E-state index is 0. The second-order valence-electron chi connectivity index (χ2n) is 0.0816. The van der Waals surface area contributed by atoms with E-state index < -0.39 is 0 Å². The van der Waals surface area contributed by atoms with Crippen molar-refractivity contribution in [1.29, 1.82) is 0 Å². The van der Waals surface area contributed by atoms with Gasteiger partial charge in [0.15, 0.2) is 5.34 Å². The second kappa shape index (κ2) is 57.0. The van der Waals surface area contributed by atoms with Gasteiger partial charge in [0.2, 0.25) is 0 Å². The molecule has 0 aromatic carbocycles. The molecule has 34 valence electrons. The van der Waals surface area contributed by atoms with E-state index in [0.717, 1.165) is 0 Å². The van der Waals surface area contributed by atoms with Gasteiger partial charge in [0.05, 0.1) is 0 Å². The van der Waals surface area contributed by atoms with Crippen LogP contribution in [0.4, 0.5) is 0 Å². The molecule has 0 bridgehead atoms. The SMILES string of the molecule is O=NO.OO.[H-].[Na+]. The van der Waals surface area contributed by atoms with Crippen LogP contribution < -0.4 is 29.6 Å². The van der Waals surface area contributed by atoms with Crippen LogP contribution in [0.1, 0.15) is 1.43 Å². The molecular weight excluding hydrogens is 101 g/mol. The van der Waals surface area contributed by atoms with Crippen LogP contribution in [0.25, 0.3) is 0 Å². The Morgan fingerprint density at radius 1 is 1.50 bits per heavy atom. The van der Waals surface area contributed by atoms with Crippen LogP contribution in [-0.4, -0.2) is 15.7 Å². The van der Waals surface area contributed by atoms with Gasteiger partial charge in [0, 0.05) is 0 Å². The smallest absolute Gasteiger partial charge is 1.00 e. The molecule has 0 saturated heterocycles. The first-order chi connectivity index (χ1) is 2.41. The predicted octanol–water partition coefficient (Wildman–Crippen LogP) is -2.72. The van der Waals surface area contributed by atoms with Crippen molar-refractivity contribution in [2.45, 2.75) is 0 Å². The van der Waals surface area contributed by atoms with Gasteiger partial charge < -0.3 is 6.63 Å². The van der Waals surface area contributed by atoms with Gasteiger partial charge in [0.25, 0.3) is 0 Å². The summed E-state index contributed by atoms with van der Waals surface area (Å²) in [5.74, 6) is 0. The molecule has 0 heterocycles. The average molecular weight is 105 g/mol. The summed E-state index contributed by atoms with van der Waals surface area (Å²) >= 11 is 0. The Morgan fingerprint density at radius 3 is 1.50 bits per heavy atom. The van der Waals surface area contributed by atoms with Gasteiger partial charge in [-0.1, -0.05) is 0 Å². The van der Waals surface area contributed by atoms with Crippen molar-refractivity contribution in [2.75, 3.05) is 0 Å². The third kappa shape index (κ3) is 465. The van der Waals surface area contributed by atoms with E-state index in [1.54, 1.807) is 0 Å². The molecule has 6 heteroatoms. The van der Waals surface area contributed by atoms with Gasteiger partial charge in [-0.15, -0.1) is 4.91 Å². The Bertz CT molecular complexity index is 19.2. The number of hydrogen-bond acceptors (Lipinski definition) is 4. The van der Waals surface area contributed by atoms with E-state index in [2.05, 4.69) is 0 Å². The van der Waals surface area contributed by atoms with Crippen molar-refractivity contribution in [3.8, 4) is 0 Å². The van der Waals surface area contributed by atoms with Crippen LogP contribution in [0.15, 0.2) is 5.34 Å². The maximum absolute atomic E-state index is 8.11. The summed E-state index contributed by atoms with van der Waals surface area (Å²) in [5, 5.41) is 19.9. The van der Waals surface area contributed by atoms with Gasteiger partial charge in [-0.05, 0) is 0 Å². The fourth-order valence-electron chi connectivity index (χ4n) is 0. The molecule has 0 saturated carbocycles. The summed E-state index contributed by atoms with van der Waals surface area (Å²) in [5.41, 5.74) is 0. The molecule has 0 aliphatic heterocycles. The molecule has 0 atom stereocenters. The van der Waals surface area contributed by atoms with E-state index >= 15 is 0 Å². The van der Waals surface area contributed by atoms with Gasteiger partial charge in [-0.25, -0.2) is 0 Å². The maximum Gasteiger partial charge on any atom is 1.00 e. The molecule has 0 amide bonds. The topological polar surface area (TPSA) is 90.1 Å². The van der Waals surface area contributed by atoms with Crippen molar-refractivity contribution in [1.82, 2.24) is 0 Å². The Balaban J connectivity index is -0.0000000105. The monoisotopic (exact) mass is 105 g/mol. The van der Waals surface area contributed by atoms with Crippen LogP contribution >= 0.6 is 0 Å². The molecule has 3 N–H and O–H groups in total. The molecule has 0 aliphatic carbocycles. The second-order valence-corrected chi connectivity index (χ2v) is 0.0816. The predicted molar refractivity (Wildman–Crippen MR) is 14.0 cm³/mol. The van der Waals surface area contributed by atoms with Crippen molar-refractivity contribution < 1.29 is 46.7 Å². The van der Waals surface area contributed by atoms with Gasteiger partial charge in [-0.3, -0.25) is 10.5 Å². The van der Waals surface area contributed by atoms with Crippen LogP contribution in [0.2, 0.25) is 0 Å². The molecule has 0 aromatic rings. The van der Waals surface area contributed by atoms with Crippen LogP contribution in [0.3, 0.4) is 0 Å². The molecule has 0 rings (SSSR count). The fourth-order valence-corrected chi connectivity index (χ4v) is 0. The summed E-state index contributed by atoms with van der Waals surface area (Å²) in [6.07, 6.45) is 0. The first-order valence-corrected chi connectivity index (χ1v) is 0.583. The van der Waals surface area contributed by atoms with Crippen LogP contribution in [0.5, 0.6) is 0 Å². The molecule has 0 fully saturated rings. The first-order valence-electron chi connectivity index (χ1n) is 0.583. The number of nitrogens with zero attached hydrogens (tertiary/aromatic N) is 1. The van der Waals surface area contributed by atoms with E-state index in [1.807, 2.05) is 0 Å². The molecule has 0 spiro atoms. The van der Waals surface area contributed by atoms with Gasteiger partial charge >= 0.3 is 29.6 Å². The van der Waals surface area contributed by atoms with Crippen LogP contribution in [-0.2, 0) is 0 Å². The molecule has 0 radical (unpaired) electrons. The zero-order chi connectivity index (χ0) is 4.71. The standard InChI is InChI=1S/HNO2.Na.H2O2.H/c2-1-3;;1-2;/h(H,2,3);;1-2H;/q;+1;;-1. The largest absolute Gasteiger partial charge is 1.00 e. The zero-order valence-electron chi connectivity index (χ0n) is 4.20. The Labute approximate surface area is 57.2 Å². The molecule has 0 aromatic heterocycles. The van der Waals surface area contributed by atoms with Crippen molar-refractivity contribution in [3.05, 3.63) is 4.91 Å². The summed E-state index contributed by atoms with van der Waals surface area (Å²) in [4.78, 5) is 8.11. The van der Waals surface area contributed by atoms with E-state index in [1.165, 1.54) is 5.34 Å². The van der Waals surface area contributed by atoms with Gasteiger partial charge in [0.1, 0.15) is 0 Å².